The predicted molar refractivity (Wildman–Crippen MR) is 283 cm³/mol. The second kappa shape index (κ2) is 25.3. The number of nitrogens with zero attached hydrogens (tertiary/aromatic N) is 9. The van der Waals surface area contributed by atoms with E-state index in [1.54, 1.807) is 25.4 Å². The standard InChI is InChI=1S/C16H19Br2N3O.C16H19BrClN3O.C9H7BrN2O.C8H17NO/c2*1-10(2)21-5-3-13(4-6-21)22-14-8-12(17)7-11-9-19-16(18)20-15(11)14;1-5-11-4-6-2-7(10)3-8(13)9(6)12-5;1-7(2)9-5-3-8(10)4-6-9/h2*7-10,13H,3-6H2,1-2H3;2-4,13H,1H3;7-8,10H,3-6H2,1-2H3. The van der Waals surface area contributed by atoms with Gasteiger partial charge in [-0.25, -0.2) is 29.9 Å². The van der Waals surface area contributed by atoms with E-state index in [4.69, 9.17) is 21.1 Å². The fourth-order valence-electron chi connectivity index (χ4n) is 8.25. The van der Waals surface area contributed by atoms with E-state index in [1.165, 1.54) is 0 Å². The molecule has 3 saturated heterocycles. The third-order valence-electron chi connectivity index (χ3n) is 12.1. The van der Waals surface area contributed by atoms with Gasteiger partial charge in [0.15, 0.2) is 4.73 Å². The summed E-state index contributed by atoms with van der Waals surface area (Å²) in [7, 11) is 0. The zero-order valence-electron chi connectivity index (χ0n) is 39.3. The molecule has 0 bridgehead atoms. The maximum absolute atomic E-state index is 9.56. The van der Waals surface area contributed by atoms with Crippen molar-refractivity contribution in [1.29, 1.82) is 0 Å². The summed E-state index contributed by atoms with van der Waals surface area (Å²) >= 11 is 19.6. The largest absolute Gasteiger partial charge is 0.506 e. The normalized spacial score (nSPS) is 17.0. The van der Waals surface area contributed by atoms with Crippen LogP contribution in [0.15, 0.2) is 73.1 Å². The summed E-state index contributed by atoms with van der Waals surface area (Å²) in [4.78, 5) is 32.6. The van der Waals surface area contributed by atoms with Crippen molar-refractivity contribution in [2.24, 2.45) is 0 Å². The Bertz CT molecular complexity index is 2440. The molecule has 2 N–H and O–H groups in total. The number of aliphatic hydroxyl groups excluding tert-OH is 1. The van der Waals surface area contributed by atoms with Crippen LogP contribution >= 0.6 is 75.3 Å². The SMILES string of the molecule is CC(C)N1CCC(O)CC1.CC(C)N1CCC(Oc2cc(Br)cc3cnc(Br)nc23)CC1.CC(C)N1CCC(Oc2cc(Br)cc3cnc(Cl)nc23)CC1.Cc1ncc2cc(Br)cc(O)c2n1. The minimum absolute atomic E-state index is 0.0324. The zero-order valence-corrected chi connectivity index (χ0v) is 46.4. The van der Waals surface area contributed by atoms with Crippen LogP contribution in [0, 0.1) is 6.92 Å². The number of piperidine rings is 3. The molecular weight excluding hydrogens is 1130 g/mol. The molecule has 0 radical (unpaired) electrons. The first-order chi connectivity index (χ1) is 31.9. The van der Waals surface area contributed by atoms with E-state index in [1.807, 2.05) is 36.5 Å². The van der Waals surface area contributed by atoms with Gasteiger partial charge in [-0.1, -0.05) is 47.8 Å². The van der Waals surface area contributed by atoms with Crippen LogP contribution in [-0.4, -0.2) is 131 Å². The summed E-state index contributed by atoms with van der Waals surface area (Å²) in [6.07, 6.45) is 11.8. The number of aromatic nitrogens is 6. The number of rotatable bonds is 7. The number of ether oxygens (including phenoxy) is 2. The molecule has 18 heteroatoms. The predicted octanol–water partition coefficient (Wildman–Crippen LogP) is 12.0. The van der Waals surface area contributed by atoms with Crippen molar-refractivity contribution in [3.05, 3.63) is 84.2 Å². The molecule has 9 rings (SSSR count). The molecule has 0 saturated carbocycles. The van der Waals surface area contributed by atoms with E-state index in [9.17, 15) is 10.2 Å². The van der Waals surface area contributed by atoms with Crippen molar-refractivity contribution in [2.75, 3.05) is 39.3 Å². The maximum Gasteiger partial charge on any atom is 0.223 e. The van der Waals surface area contributed by atoms with Gasteiger partial charge in [0.25, 0.3) is 0 Å². The molecule has 0 unspecified atom stereocenters. The van der Waals surface area contributed by atoms with E-state index >= 15 is 0 Å². The first kappa shape index (κ1) is 53.5. The smallest absolute Gasteiger partial charge is 0.223 e. The maximum atomic E-state index is 9.56. The molecule has 3 aromatic heterocycles. The van der Waals surface area contributed by atoms with Gasteiger partial charge in [-0.05, 0) is 151 Å². The lowest BCUT2D eigenvalue weighted by molar-refractivity contribution is 0.0685. The summed E-state index contributed by atoms with van der Waals surface area (Å²) in [5.74, 6) is 2.44. The minimum Gasteiger partial charge on any atom is -0.506 e. The van der Waals surface area contributed by atoms with Gasteiger partial charge in [-0.3, -0.25) is 0 Å². The number of benzene rings is 3. The molecule has 0 aliphatic carbocycles. The van der Waals surface area contributed by atoms with Gasteiger partial charge in [-0.15, -0.1) is 0 Å². The Balaban J connectivity index is 0.000000154. The summed E-state index contributed by atoms with van der Waals surface area (Å²) in [6, 6.07) is 13.3. The quantitative estimate of drug-likeness (QED) is 0.146. The molecular formula is C49H62Br4ClN9O4. The molecule has 0 amide bonds. The number of phenolic OH excluding ortho intramolecular Hbond substituents is 1. The fourth-order valence-corrected chi connectivity index (χ4v) is 10.0. The van der Waals surface area contributed by atoms with E-state index in [-0.39, 0.29) is 29.3 Å². The Morgan fingerprint density at radius 2 is 0.955 bits per heavy atom. The Morgan fingerprint density at radius 1 is 0.552 bits per heavy atom. The van der Waals surface area contributed by atoms with Gasteiger partial charge < -0.3 is 34.4 Å². The lowest BCUT2D eigenvalue weighted by atomic mass is 10.1. The highest BCUT2D eigenvalue weighted by atomic mass is 79.9. The third kappa shape index (κ3) is 15.8. The van der Waals surface area contributed by atoms with Gasteiger partial charge in [0.1, 0.15) is 51.8 Å². The van der Waals surface area contributed by atoms with Gasteiger partial charge in [0.2, 0.25) is 5.28 Å². The van der Waals surface area contributed by atoms with Crippen LogP contribution in [-0.2, 0) is 0 Å². The molecule has 0 spiro atoms. The lowest BCUT2D eigenvalue weighted by Crippen LogP contribution is -2.41. The van der Waals surface area contributed by atoms with Crippen LogP contribution < -0.4 is 9.47 Å². The topological polar surface area (TPSA) is 146 Å². The number of fused-ring (bicyclic) bond motifs is 3. The molecule has 3 fully saturated rings. The number of likely N-dealkylation sites (tertiary alicyclic amines) is 3. The first-order valence-electron chi connectivity index (χ1n) is 23.0. The van der Waals surface area contributed by atoms with Gasteiger partial charge in [-0.2, -0.15) is 0 Å². The van der Waals surface area contributed by atoms with Crippen LogP contribution in [0.3, 0.4) is 0 Å². The first-order valence-corrected chi connectivity index (χ1v) is 26.6. The van der Waals surface area contributed by atoms with Crippen molar-refractivity contribution in [3.63, 3.8) is 0 Å². The Labute approximate surface area is 433 Å². The third-order valence-corrected chi connectivity index (χ3v) is 14.1. The van der Waals surface area contributed by atoms with Gasteiger partial charge >= 0.3 is 0 Å². The molecule has 3 aliphatic heterocycles. The number of hydrogen-bond acceptors (Lipinski definition) is 13. The summed E-state index contributed by atoms with van der Waals surface area (Å²) in [5.41, 5.74) is 2.22. The number of phenols is 1. The monoisotopic (exact) mass is 1190 g/mol. The van der Waals surface area contributed by atoms with Crippen molar-refractivity contribution in [1.82, 2.24) is 44.6 Å². The summed E-state index contributed by atoms with van der Waals surface area (Å²) in [6.45, 7) is 21.6. The molecule has 6 aromatic rings. The highest BCUT2D eigenvalue weighted by Gasteiger charge is 2.25. The van der Waals surface area contributed by atoms with Crippen molar-refractivity contribution in [3.8, 4) is 17.2 Å². The van der Waals surface area contributed by atoms with Crippen LogP contribution in [0.2, 0.25) is 5.28 Å². The Morgan fingerprint density at radius 3 is 1.43 bits per heavy atom. The van der Waals surface area contributed by atoms with Crippen LogP contribution in [0.5, 0.6) is 17.2 Å². The van der Waals surface area contributed by atoms with Crippen molar-refractivity contribution >= 4 is 108 Å². The van der Waals surface area contributed by atoms with Gasteiger partial charge in [0.05, 0.1) is 6.10 Å². The molecule has 6 heterocycles. The number of hydrogen-bond donors (Lipinski definition) is 2. The van der Waals surface area contributed by atoms with Gasteiger partial charge in [0, 0.05) is 106 Å². The molecule has 67 heavy (non-hydrogen) atoms. The average molecular weight is 1200 g/mol. The highest BCUT2D eigenvalue weighted by Crippen LogP contribution is 2.33. The van der Waals surface area contributed by atoms with Crippen molar-refractivity contribution < 1.29 is 19.7 Å². The molecule has 13 nitrogen and oxygen atoms in total. The minimum atomic E-state index is -0.0324. The highest BCUT2D eigenvalue weighted by molar-refractivity contribution is 9.11. The van der Waals surface area contributed by atoms with Crippen LogP contribution in [0.4, 0.5) is 0 Å². The molecule has 362 valence electrons. The lowest BCUT2D eigenvalue weighted by Gasteiger charge is -2.34. The number of halogens is 5. The summed E-state index contributed by atoms with van der Waals surface area (Å²) < 4.78 is 15.8. The van der Waals surface area contributed by atoms with E-state index in [0.717, 1.165) is 130 Å². The molecule has 3 aromatic carbocycles. The second-order valence-corrected chi connectivity index (χ2v) is 21.8. The number of aromatic hydroxyl groups is 1. The number of aryl methyl sites for hydroxylation is 1. The average Bonchev–Trinajstić information content (AvgIpc) is 3.28. The summed E-state index contributed by atoms with van der Waals surface area (Å²) in [5, 5.41) is 21.7. The number of aliphatic hydroxyl groups is 1. The van der Waals surface area contributed by atoms with Crippen molar-refractivity contribution in [2.45, 2.75) is 123 Å². The molecule has 3 aliphatic rings. The van der Waals surface area contributed by atoms with Crippen LogP contribution in [0.25, 0.3) is 32.7 Å². The Kier molecular flexibility index (Phi) is 20.2. The Hall–Kier alpha value is -2.87. The molecule has 0 atom stereocenters. The zero-order chi connectivity index (χ0) is 48.4. The van der Waals surface area contributed by atoms with E-state index < -0.39 is 0 Å². The van der Waals surface area contributed by atoms with Crippen LogP contribution in [0.1, 0.15) is 85.9 Å². The fraction of sp³-hybridized carbons (Fsp3) is 0.510. The van der Waals surface area contributed by atoms with E-state index in [0.29, 0.717) is 34.2 Å². The van der Waals surface area contributed by atoms with E-state index in [2.05, 4.69) is 150 Å². The second-order valence-electron chi connectivity index (χ2n) is 18.0.